The molecule has 4 heterocycles. The van der Waals surface area contributed by atoms with Gasteiger partial charge < -0.3 is 10.2 Å². The Bertz CT molecular complexity index is 807. The fourth-order valence-electron chi connectivity index (χ4n) is 3.20. The van der Waals surface area contributed by atoms with Crippen LogP contribution < -0.4 is 9.63 Å². The number of pyridine rings is 2. The van der Waals surface area contributed by atoms with Crippen molar-refractivity contribution in [2.75, 3.05) is 31.1 Å². The summed E-state index contributed by atoms with van der Waals surface area (Å²) in [5.74, 6) is 0.850. The van der Waals surface area contributed by atoms with Crippen LogP contribution in [-0.2, 0) is 6.54 Å². The average molecular weight is 310 g/mol. The molecule has 1 aliphatic heterocycles. The second-order valence-corrected chi connectivity index (χ2v) is 5.88. The van der Waals surface area contributed by atoms with Gasteiger partial charge in [-0.15, -0.1) is 0 Å². The van der Waals surface area contributed by atoms with Crippen molar-refractivity contribution in [1.29, 1.82) is 0 Å². The molecule has 2 N–H and O–H groups in total. The number of piperazine rings is 1. The minimum Gasteiger partial charge on any atom is -0.350 e. The molecule has 0 unspecified atom stereocenters. The highest BCUT2D eigenvalue weighted by Crippen LogP contribution is 2.19. The normalized spacial score (nSPS) is 16.1. The number of hydrogen-bond donors (Lipinski definition) is 2. The van der Waals surface area contributed by atoms with Gasteiger partial charge in [-0.2, -0.15) is 0 Å². The van der Waals surface area contributed by atoms with Crippen LogP contribution in [0.1, 0.15) is 5.56 Å². The molecule has 6 heteroatoms. The van der Waals surface area contributed by atoms with Gasteiger partial charge in [0, 0.05) is 43.5 Å². The molecule has 1 aliphatic rings. The highest BCUT2D eigenvalue weighted by atomic mass is 16.5. The van der Waals surface area contributed by atoms with E-state index >= 15 is 0 Å². The Hall–Kier alpha value is -2.60. The molecular formula is C17H20N5O+. The third kappa shape index (κ3) is 2.73. The van der Waals surface area contributed by atoms with Gasteiger partial charge in [-0.05, 0) is 23.8 Å². The molecule has 0 bridgehead atoms. The van der Waals surface area contributed by atoms with E-state index in [1.807, 2.05) is 30.5 Å². The number of nitrogens with zero attached hydrogens (tertiary/aromatic N) is 4. The Morgan fingerprint density at radius 2 is 2.00 bits per heavy atom. The van der Waals surface area contributed by atoms with Crippen LogP contribution in [0.3, 0.4) is 0 Å². The quantitative estimate of drug-likeness (QED) is 0.567. The Morgan fingerprint density at radius 3 is 2.83 bits per heavy atom. The minimum atomic E-state index is 0.850. The van der Waals surface area contributed by atoms with Crippen LogP contribution in [0.2, 0.25) is 0 Å². The van der Waals surface area contributed by atoms with E-state index in [1.165, 1.54) is 15.7 Å². The van der Waals surface area contributed by atoms with Gasteiger partial charge in [-0.1, -0.05) is 10.8 Å². The topological polar surface area (TPSA) is 59.3 Å². The molecule has 1 fully saturated rings. The van der Waals surface area contributed by atoms with Gasteiger partial charge in [-0.3, -0.25) is 9.80 Å². The lowest BCUT2D eigenvalue weighted by Crippen LogP contribution is -2.50. The number of nitrogens with one attached hydrogen (secondary N) is 1. The molecule has 6 nitrogen and oxygen atoms in total. The molecule has 118 valence electrons. The van der Waals surface area contributed by atoms with Crippen LogP contribution in [0, 0.1) is 0 Å². The fourth-order valence-corrected chi connectivity index (χ4v) is 3.20. The highest BCUT2D eigenvalue weighted by molar-refractivity contribution is 5.79. The van der Waals surface area contributed by atoms with Gasteiger partial charge in [0.1, 0.15) is 11.8 Å². The number of fused-ring (bicyclic) bond motifs is 1. The summed E-state index contributed by atoms with van der Waals surface area (Å²) >= 11 is 0. The summed E-state index contributed by atoms with van der Waals surface area (Å²) < 4.78 is 1.20. The number of H-pyrrole nitrogens is 1. The molecule has 0 saturated carbocycles. The number of anilines is 1. The zero-order valence-corrected chi connectivity index (χ0v) is 12.9. The van der Waals surface area contributed by atoms with E-state index in [9.17, 15) is 5.21 Å². The third-order valence-electron chi connectivity index (χ3n) is 4.45. The van der Waals surface area contributed by atoms with Gasteiger partial charge in [0.05, 0.1) is 13.1 Å². The first-order chi connectivity index (χ1) is 11.3. The Labute approximate surface area is 134 Å². The van der Waals surface area contributed by atoms with E-state index in [2.05, 4.69) is 32.0 Å². The Morgan fingerprint density at radius 1 is 1.13 bits per heavy atom. The minimum absolute atomic E-state index is 0.850. The van der Waals surface area contributed by atoms with Crippen molar-refractivity contribution in [2.24, 2.45) is 0 Å². The first kappa shape index (κ1) is 14.0. The van der Waals surface area contributed by atoms with Crippen molar-refractivity contribution in [3.05, 3.63) is 54.5 Å². The van der Waals surface area contributed by atoms with Crippen molar-refractivity contribution in [1.82, 2.24) is 14.9 Å². The molecule has 1 saturated heterocycles. The van der Waals surface area contributed by atoms with Crippen LogP contribution in [-0.4, -0.2) is 46.3 Å². The maximum atomic E-state index is 9.90. The zero-order valence-electron chi connectivity index (χ0n) is 12.9. The van der Waals surface area contributed by atoms with E-state index in [-0.39, 0.29) is 0 Å². The molecule has 4 rings (SSSR count). The lowest BCUT2D eigenvalue weighted by atomic mass is 10.2. The maximum absolute atomic E-state index is 9.90. The van der Waals surface area contributed by atoms with Crippen LogP contribution in [0.15, 0.2) is 48.9 Å². The fraction of sp³-hybridized carbons (Fsp3) is 0.294. The molecule has 3 aromatic rings. The first-order valence-corrected chi connectivity index (χ1v) is 7.89. The van der Waals surface area contributed by atoms with Crippen LogP contribution in [0.4, 0.5) is 5.82 Å². The van der Waals surface area contributed by atoms with Gasteiger partial charge in [0.25, 0.3) is 0 Å². The smallest absolute Gasteiger partial charge is 0.316 e. The number of rotatable bonds is 3. The van der Waals surface area contributed by atoms with Crippen LogP contribution in [0.5, 0.6) is 0 Å². The van der Waals surface area contributed by atoms with E-state index in [4.69, 9.17) is 0 Å². The van der Waals surface area contributed by atoms with E-state index in [0.717, 1.165) is 44.2 Å². The summed E-state index contributed by atoms with van der Waals surface area (Å²) in [5.41, 5.74) is 2.24. The number of aromatic amines is 1. The Kier molecular flexibility index (Phi) is 3.59. The molecule has 0 radical (unpaired) electrons. The molecule has 3 aromatic heterocycles. The van der Waals surface area contributed by atoms with Crippen molar-refractivity contribution in [3.63, 3.8) is 0 Å². The van der Waals surface area contributed by atoms with Crippen molar-refractivity contribution < 1.29 is 9.94 Å². The second kappa shape index (κ2) is 5.89. The summed E-state index contributed by atoms with van der Waals surface area (Å²) in [6.07, 6.45) is 5.54. The summed E-state index contributed by atoms with van der Waals surface area (Å²) in [6.45, 7) is 4.69. The van der Waals surface area contributed by atoms with Gasteiger partial charge in [-0.25, -0.2) is 4.98 Å². The van der Waals surface area contributed by atoms with Crippen molar-refractivity contribution in [3.8, 4) is 0 Å². The van der Waals surface area contributed by atoms with Crippen molar-refractivity contribution >= 4 is 16.9 Å². The predicted molar refractivity (Wildman–Crippen MR) is 87.4 cm³/mol. The summed E-state index contributed by atoms with van der Waals surface area (Å²) in [5, 5.41) is 11.1. The predicted octanol–water partition coefficient (Wildman–Crippen LogP) is 1.41. The van der Waals surface area contributed by atoms with Gasteiger partial charge in [0.2, 0.25) is 0 Å². The average Bonchev–Trinajstić information content (AvgIpc) is 2.99. The molecule has 0 aromatic carbocycles. The lowest BCUT2D eigenvalue weighted by molar-refractivity contribution is -0.894. The Balaban J connectivity index is 1.43. The molecule has 23 heavy (non-hydrogen) atoms. The molecule has 0 aliphatic carbocycles. The first-order valence-electron chi connectivity index (χ1n) is 7.89. The number of hydrogen-bond acceptors (Lipinski definition) is 4. The van der Waals surface area contributed by atoms with E-state index < -0.39 is 0 Å². The van der Waals surface area contributed by atoms with Crippen LogP contribution in [0.25, 0.3) is 11.0 Å². The van der Waals surface area contributed by atoms with E-state index in [1.54, 1.807) is 6.20 Å². The van der Waals surface area contributed by atoms with Crippen molar-refractivity contribution in [2.45, 2.75) is 6.54 Å². The van der Waals surface area contributed by atoms with Gasteiger partial charge >= 0.3 is 5.82 Å². The van der Waals surface area contributed by atoms with E-state index in [0.29, 0.717) is 0 Å². The second-order valence-electron chi connectivity index (χ2n) is 5.88. The summed E-state index contributed by atoms with van der Waals surface area (Å²) in [7, 11) is 0. The molecule has 0 spiro atoms. The van der Waals surface area contributed by atoms with Crippen LogP contribution >= 0.6 is 0 Å². The summed E-state index contributed by atoms with van der Waals surface area (Å²) in [4.78, 5) is 12.2. The molecule has 0 amide bonds. The zero-order chi connectivity index (χ0) is 15.6. The summed E-state index contributed by atoms with van der Waals surface area (Å²) in [6, 6.07) is 9.81. The standard InChI is InChI=1S/C17H20N5O/c23-22-7-2-1-5-16(22)21-10-8-20(9-11-21)13-14-12-19-17-15(14)4-3-6-18-17/h1-7,12,23H,8-11,13H2,(H,18,19)/q+1. The largest absolute Gasteiger partial charge is 0.350 e. The SMILES string of the molecule is O[n+]1ccccc1N1CCN(Cc2c[nH]c3ncccc23)CC1. The lowest BCUT2D eigenvalue weighted by Gasteiger charge is -2.30. The third-order valence-corrected chi connectivity index (χ3v) is 4.45. The monoisotopic (exact) mass is 310 g/mol. The molecular weight excluding hydrogens is 290 g/mol. The van der Waals surface area contributed by atoms with Gasteiger partial charge in [0.15, 0.2) is 0 Å². The maximum Gasteiger partial charge on any atom is 0.316 e. The number of aromatic nitrogens is 3. The molecule has 0 atom stereocenters. The highest BCUT2D eigenvalue weighted by Gasteiger charge is 2.25.